The molecule has 5 heteroatoms. The Hall–Kier alpha value is 0.0800. The molecule has 100 valence electrons. The Morgan fingerprint density at radius 3 is 2.47 bits per heavy atom. The van der Waals surface area contributed by atoms with Crippen molar-refractivity contribution in [1.82, 2.24) is 0 Å². The van der Waals surface area contributed by atoms with Gasteiger partial charge in [0.15, 0.2) is 0 Å². The van der Waals surface area contributed by atoms with Crippen LogP contribution in [0.5, 0.6) is 0 Å². The minimum absolute atomic E-state index is 0.417. The summed E-state index contributed by atoms with van der Waals surface area (Å²) in [6, 6.07) is 0. The second-order valence-electron chi connectivity index (χ2n) is 3.92. The number of hydrogen-bond donors (Lipinski definition) is 0. The molecule has 0 fully saturated rings. The number of carbonyl (C=O) groups excluding carboxylic acids is 1. The van der Waals surface area contributed by atoms with Crippen molar-refractivity contribution in [2.45, 2.75) is 43.3 Å². The number of allylic oxidation sites excluding steroid dienone is 1. The Labute approximate surface area is 118 Å². The molecule has 1 atom stereocenters. The lowest BCUT2D eigenvalue weighted by Gasteiger charge is -2.13. The molecule has 0 aromatic rings. The number of esters is 1. The smallest absolute Gasteiger partial charge is 0.330 e. The van der Waals surface area contributed by atoms with Crippen molar-refractivity contribution < 1.29 is 9.53 Å². The maximum absolute atomic E-state index is 11.3. The Morgan fingerprint density at radius 1 is 1.35 bits per heavy atom. The van der Waals surface area contributed by atoms with Crippen LogP contribution in [0.2, 0.25) is 0 Å². The number of carbonyl (C=O) groups is 1. The average molecular weight is 302 g/mol. The summed E-state index contributed by atoms with van der Waals surface area (Å²) in [6.45, 7) is 4.66. The van der Waals surface area contributed by atoms with Gasteiger partial charge in [0.05, 0.1) is 6.61 Å². The van der Waals surface area contributed by atoms with E-state index in [1.807, 2.05) is 0 Å². The summed E-state index contributed by atoms with van der Waals surface area (Å²) < 4.78 is 3.54. The second kappa shape index (κ2) is 9.07. The number of halogens is 3. The molecule has 0 N–H and O–H groups in total. The van der Waals surface area contributed by atoms with Crippen LogP contribution >= 0.6 is 34.8 Å². The van der Waals surface area contributed by atoms with E-state index >= 15 is 0 Å². The topological polar surface area (TPSA) is 26.3 Å². The van der Waals surface area contributed by atoms with Gasteiger partial charge in [-0.1, -0.05) is 67.9 Å². The molecule has 0 aromatic heterocycles. The first-order chi connectivity index (χ1) is 7.89. The van der Waals surface area contributed by atoms with Crippen molar-refractivity contribution in [2.24, 2.45) is 5.92 Å². The zero-order valence-electron chi connectivity index (χ0n) is 10.2. The van der Waals surface area contributed by atoms with Crippen molar-refractivity contribution in [3.8, 4) is 0 Å². The first-order valence-corrected chi connectivity index (χ1v) is 6.95. The van der Waals surface area contributed by atoms with E-state index in [1.54, 1.807) is 0 Å². The van der Waals surface area contributed by atoms with Gasteiger partial charge in [-0.05, 0) is 18.4 Å². The Balaban J connectivity index is 3.92. The monoisotopic (exact) mass is 300 g/mol. The van der Waals surface area contributed by atoms with E-state index in [1.165, 1.54) is 6.08 Å². The average Bonchev–Trinajstić information content (AvgIpc) is 2.25. The molecule has 2 nitrogen and oxygen atoms in total. The van der Waals surface area contributed by atoms with Crippen LogP contribution in [-0.4, -0.2) is 16.4 Å². The summed E-state index contributed by atoms with van der Waals surface area (Å²) in [5, 5.41) is 0. The van der Waals surface area contributed by atoms with E-state index in [0.717, 1.165) is 31.8 Å². The standard InChI is InChI=1S/C12H19Cl3O2/c1-3-5-6-10(4-2)9-17-11(16)7-8-12(13,14)15/h7-8,10H,3-6,9H2,1-2H3. The molecule has 0 rings (SSSR count). The molecule has 0 spiro atoms. The molecule has 0 bridgehead atoms. The summed E-state index contributed by atoms with van der Waals surface area (Å²) in [4.78, 5) is 11.3. The van der Waals surface area contributed by atoms with Gasteiger partial charge < -0.3 is 4.74 Å². The molecule has 0 radical (unpaired) electrons. The number of ether oxygens (including phenoxy) is 1. The quantitative estimate of drug-likeness (QED) is 0.388. The zero-order chi connectivity index (χ0) is 13.3. The molecule has 0 aliphatic heterocycles. The van der Waals surface area contributed by atoms with Gasteiger partial charge in [-0.3, -0.25) is 0 Å². The van der Waals surface area contributed by atoms with E-state index in [0.29, 0.717) is 12.5 Å². The molecule has 0 amide bonds. The molecular weight excluding hydrogens is 282 g/mol. The molecule has 0 aromatic carbocycles. The lowest BCUT2D eigenvalue weighted by Crippen LogP contribution is -2.12. The van der Waals surface area contributed by atoms with Crippen LogP contribution in [-0.2, 0) is 9.53 Å². The fraction of sp³-hybridized carbons (Fsp3) is 0.750. The number of unbranched alkanes of at least 4 members (excludes halogenated alkanes) is 1. The third kappa shape index (κ3) is 10.9. The van der Waals surface area contributed by atoms with Gasteiger partial charge in [0, 0.05) is 6.08 Å². The van der Waals surface area contributed by atoms with Crippen LogP contribution in [0.15, 0.2) is 12.2 Å². The fourth-order valence-corrected chi connectivity index (χ4v) is 1.50. The minimum atomic E-state index is -1.55. The van der Waals surface area contributed by atoms with Gasteiger partial charge in [0.1, 0.15) is 0 Å². The number of hydrogen-bond acceptors (Lipinski definition) is 2. The van der Waals surface area contributed by atoms with Gasteiger partial charge in [-0.15, -0.1) is 0 Å². The highest BCUT2D eigenvalue weighted by Crippen LogP contribution is 2.27. The van der Waals surface area contributed by atoms with Crippen molar-refractivity contribution >= 4 is 40.8 Å². The van der Waals surface area contributed by atoms with Gasteiger partial charge in [0.2, 0.25) is 3.79 Å². The summed E-state index contributed by atoms with van der Waals surface area (Å²) in [6.07, 6.45) is 6.72. The molecular formula is C12H19Cl3O2. The van der Waals surface area contributed by atoms with Crippen molar-refractivity contribution in [2.75, 3.05) is 6.61 Å². The Morgan fingerprint density at radius 2 is 2.00 bits per heavy atom. The number of rotatable bonds is 7. The lowest BCUT2D eigenvalue weighted by molar-refractivity contribution is -0.139. The number of alkyl halides is 3. The largest absolute Gasteiger partial charge is 0.462 e. The molecule has 17 heavy (non-hydrogen) atoms. The normalized spacial score (nSPS) is 13.9. The van der Waals surface area contributed by atoms with Crippen LogP contribution in [0.4, 0.5) is 0 Å². The fourth-order valence-electron chi connectivity index (χ4n) is 1.31. The highest BCUT2D eigenvalue weighted by molar-refractivity contribution is 6.69. The van der Waals surface area contributed by atoms with Crippen molar-refractivity contribution in [3.63, 3.8) is 0 Å². The highest BCUT2D eigenvalue weighted by atomic mass is 35.6. The van der Waals surface area contributed by atoms with Crippen LogP contribution in [0.25, 0.3) is 0 Å². The van der Waals surface area contributed by atoms with E-state index in [2.05, 4.69) is 13.8 Å². The predicted octanol–water partition coefficient (Wildman–Crippen LogP) is 4.67. The summed E-state index contributed by atoms with van der Waals surface area (Å²) in [5.41, 5.74) is 0. The van der Waals surface area contributed by atoms with Crippen molar-refractivity contribution in [1.29, 1.82) is 0 Å². The van der Waals surface area contributed by atoms with E-state index < -0.39 is 9.76 Å². The summed E-state index contributed by atoms with van der Waals surface area (Å²) >= 11 is 16.4. The Kier molecular flexibility index (Phi) is 9.11. The summed E-state index contributed by atoms with van der Waals surface area (Å²) in [5.74, 6) is -0.0497. The second-order valence-corrected chi connectivity index (χ2v) is 6.29. The summed E-state index contributed by atoms with van der Waals surface area (Å²) in [7, 11) is 0. The SMILES string of the molecule is CCCCC(CC)COC(=O)C=CC(Cl)(Cl)Cl. The van der Waals surface area contributed by atoms with Crippen molar-refractivity contribution in [3.05, 3.63) is 12.2 Å². The third-order valence-electron chi connectivity index (χ3n) is 2.41. The molecule has 0 saturated carbocycles. The Bertz CT molecular complexity index is 247. The highest BCUT2D eigenvalue weighted by Gasteiger charge is 2.15. The maximum Gasteiger partial charge on any atom is 0.330 e. The van der Waals surface area contributed by atoms with E-state index in [4.69, 9.17) is 39.5 Å². The van der Waals surface area contributed by atoms with Gasteiger partial charge in [0.25, 0.3) is 0 Å². The molecule has 0 aliphatic carbocycles. The molecule has 1 unspecified atom stereocenters. The molecule has 0 aliphatic rings. The first-order valence-electron chi connectivity index (χ1n) is 5.81. The van der Waals surface area contributed by atoms with Crippen LogP contribution in [0.3, 0.4) is 0 Å². The maximum atomic E-state index is 11.3. The molecule has 0 heterocycles. The minimum Gasteiger partial charge on any atom is -0.462 e. The van der Waals surface area contributed by atoms with E-state index in [-0.39, 0.29) is 0 Å². The predicted molar refractivity (Wildman–Crippen MR) is 73.7 cm³/mol. The van der Waals surface area contributed by atoms with Crippen LogP contribution < -0.4 is 0 Å². The zero-order valence-corrected chi connectivity index (χ0v) is 12.5. The van der Waals surface area contributed by atoms with Gasteiger partial charge in [-0.2, -0.15) is 0 Å². The first kappa shape index (κ1) is 17.1. The van der Waals surface area contributed by atoms with E-state index in [9.17, 15) is 4.79 Å². The molecule has 0 saturated heterocycles. The lowest BCUT2D eigenvalue weighted by atomic mass is 10.0. The van der Waals surface area contributed by atoms with Gasteiger partial charge in [-0.25, -0.2) is 4.79 Å². The van der Waals surface area contributed by atoms with Crippen LogP contribution in [0, 0.1) is 5.92 Å². The third-order valence-corrected chi connectivity index (χ3v) is 2.79. The van der Waals surface area contributed by atoms with Gasteiger partial charge >= 0.3 is 5.97 Å². The van der Waals surface area contributed by atoms with Crippen LogP contribution in [0.1, 0.15) is 39.5 Å².